The molecular formula is C17H22ClFN6. The molecule has 0 amide bonds. The molecule has 1 aromatic carbocycles. The van der Waals surface area contributed by atoms with E-state index in [0.29, 0.717) is 23.6 Å². The fraction of sp³-hybridized carbons (Fsp3) is 0.529. The van der Waals surface area contributed by atoms with Crippen LogP contribution in [0, 0.1) is 0 Å². The van der Waals surface area contributed by atoms with Crippen molar-refractivity contribution in [1.82, 2.24) is 20.1 Å². The number of halogens is 2. The minimum atomic E-state index is -0.747. The summed E-state index contributed by atoms with van der Waals surface area (Å²) in [6.07, 6.45) is 1.97. The molecule has 25 heavy (non-hydrogen) atoms. The van der Waals surface area contributed by atoms with E-state index in [-0.39, 0.29) is 6.04 Å². The van der Waals surface area contributed by atoms with Crippen LogP contribution in [0.15, 0.2) is 24.3 Å². The van der Waals surface area contributed by atoms with Crippen LogP contribution in [-0.2, 0) is 6.42 Å². The summed E-state index contributed by atoms with van der Waals surface area (Å²) in [6, 6.07) is 8.11. The molecule has 0 radical (unpaired) electrons. The number of nitrogen functional groups attached to an aromatic ring is 1. The van der Waals surface area contributed by atoms with Crippen LogP contribution >= 0.6 is 11.6 Å². The van der Waals surface area contributed by atoms with E-state index in [9.17, 15) is 4.39 Å². The number of hydrogen-bond acceptors (Lipinski definition) is 5. The molecule has 0 bridgehead atoms. The molecule has 2 aromatic rings. The Morgan fingerprint density at radius 2 is 1.92 bits per heavy atom. The first kappa shape index (κ1) is 16.6. The predicted octanol–water partition coefficient (Wildman–Crippen LogP) is 2.27. The molecule has 0 aliphatic carbocycles. The van der Waals surface area contributed by atoms with Gasteiger partial charge >= 0.3 is 0 Å². The van der Waals surface area contributed by atoms with Gasteiger partial charge in [0.1, 0.15) is 6.17 Å². The Morgan fingerprint density at radius 1 is 1.20 bits per heavy atom. The van der Waals surface area contributed by atoms with E-state index in [0.717, 1.165) is 43.9 Å². The van der Waals surface area contributed by atoms with E-state index < -0.39 is 6.17 Å². The van der Waals surface area contributed by atoms with Crippen LogP contribution in [0.2, 0.25) is 5.02 Å². The molecule has 2 unspecified atom stereocenters. The summed E-state index contributed by atoms with van der Waals surface area (Å²) in [5.41, 5.74) is 6.73. The summed E-state index contributed by atoms with van der Waals surface area (Å²) in [5.74, 6) is 1.06. The van der Waals surface area contributed by atoms with Gasteiger partial charge in [-0.2, -0.15) is 0 Å². The number of anilines is 2. The third-order valence-corrected chi connectivity index (χ3v) is 5.56. The van der Waals surface area contributed by atoms with Gasteiger partial charge in [-0.15, -0.1) is 10.2 Å². The van der Waals surface area contributed by atoms with Gasteiger partial charge in [0.15, 0.2) is 0 Å². The van der Waals surface area contributed by atoms with Gasteiger partial charge in [-0.05, 0) is 37.0 Å². The molecule has 2 fully saturated rings. The number of aromatic amines is 1. The van der Waals surface area contributed by atoms with Crippen LogP contribution in [-0.4, -0.2) is 58.0 Å². The van der Waals surface area contributed by atoms with Gasteiger partial charge in [-0.3, -0.25) is 9.88 Å². The summed E-state index contributed by atoms with van der Waals surface area (Å²) < 4.78 is 14.2. The smallest absolute Gasteiger partial charge is 0.226 e. The maximum Gasteiger partial charge on any atom is 0.226 e. The predicted molar refractivity (Wildman–Crippen MR) is 96.6 cm³/mol. The lowest BCUT2D eigenvalue weighted by Crippen LogP contribution is -2.64. The normalized spacial score (nSPS) is 25.1. The molecule has 2 atom stereocenters. The molecule has 134 valence electrons. The number of nitrogens with one attached hydrogen (secondary N) is 1. The Labute approximate surface area is 151 Å². The molecule has 2 saturated heterocycles. The quantitative estimate of drug-likeness (QED) is 0.870. The minimum Gasteiger partial charge on any atom is -0.368 e. The van der Waals surface area contributed by atoms with Crippen molar-refractivity contribution in [2.75, 3.05) is 30.3 Å². The molecule has 2 aliphatic heterocycles. The summed E-state index contributed by atoms with van der Waals surface area (Å²) in [5, 5.41) is 8.57. The SMILES string of the molecule is Nc1nnc(N2CCC(N3CC(F)C3Cc3ccc(Cl)cc3)CC2)[nH]1. The van der Waals surface area contributed by atoms with Gasteiger partial charge in [0.2, 0.25) is 11.9 Å². The van der Waals surface area contributed by atoms with E-state index in [4.69, 9.17) is 17.3 Å². The molecule has 6 nitrogen and oxygen atoms in total. The monoisotopic (exact) mass is 364 g/mol. The summed E-state index contributed by atoms with van der Waals surface area (Å²) >= 11 is 5.93. The highest BCUT2D eigenvalue weighted by Crippen LogP contribution is 2.32. The van der Waals surface area contributed by atoms with Crippen LogP contribution in [0.25, 0.3) is 0 Å². The third-order valence-electron chi connectivity index (χ3n) is 5.31. The maximum atomic E-state index is 14.2. The van der Waals surface area contributed by atoms with E-state index >= 15 is 0 Å². The van der Waals surface area contributed by atoms with Crippen LogP contribution < -0.4 is 10.6 Å². The fourth-order valence-electron chi connectivity index (χ4n) is 3.87. The molecule has 2 aliphatic rings. The lowest BCUT2D eigenvalue weighted by molar-refractivity contribution is -0.0472. The Hall–Kier alpha value is -1.86. The molecule has 8 heteroatoms. The van der Waals surface area contributed by atoms with Crippen LogP contribution in [0.4, 0.5) is 16.3 Å². The zero-order valence-electron chi connectivity index (χ0n) is 13.9. The highest BCUT2D eigenvalue weighted by atomic mass is 35.5. The van der Waals surface area contributed by atoms with E-state index in [1.807, 2.05) is 24.3 Å². The lowest BCUT2D eigenvalue weighted by atomic mass is 9.88. The van der Waals surface area contributed by atoms with Crippen LogP contribution in [0.1, 0.15) is 18.4 Å². The zero-order valence-corrected chi connectivity index (χ0v) is 14.7. The van der Waals surface area contributed by atoms with Crippen molar-refractivity contribution < 1.29 is 4.39 Å². The number of alkyl halides is 1. The molecule has 4 rings (SSSR count). The van der Waals surface area contributed by atoms with Crippen molar-refractivity contribution >= 4 is 23.5 Å². The van der Waals surface area contributed by atoms with Crippen molar-refractivity contribution in [1.29, 1.82) is 0 Å². The minimum absolute atomic E-state index is 0.0290. The Kier molecular flexibility index (Phi) is 4.52. The number of likely N-dealkylation sites (tertiary alicyclic amines) is 1. The van der Waals surface area contributed by atoms with Crippen LogP contribution in [0.3, 0.4) is 0 Å². The average Bonchev–Trinajstić information content (AvgIpc) is 3.06. The van der Waals surface area contributed by atoms with Crippen molar-refractivity contribution in [3.8, 4) is 0 Å². The van der Waals surface area contributed by atoms with E-state index in [2.05, 4.69) is 25.0 Å². The number of rotatable bonds is 4. The number of benzene rings is 1. The standard InChI is InChI=1S/C17H22ClFN6/c18-12-3-1-11(2-4-12)9-15-14(19)10-25(15)13-5-7-24(8-6-13)17-21-16(20)22-23-17/h1-4,13-15H,5-10H2,(H3,20,21,22,23). The van der Waals surface area contributed by atoms with E-state index in [1.165, 1.54) is 0 Å². The second-order valence-electron chi connectivity index (χ2n) is 6.86. The number of hydrogen-bond donors (Lipinski definition) is 2. The molecule has 3 N–H and O–H groups in total. The number of nitrogens with two attached hydrogens (primary N) is 1. The lowest BCUT2D eigenvalue weighted by Gasteiger charge is -2.50. The van der Waals surface area contributed by atoms with Crippen molar-refractivity contribution in [2.45, 2.75) is 37.5 Å². The summed E-state index contributed by atoms with van der Waals surface area (Å²) in [7, 11) is 0. The largest absolute Gasteiger partial charge is 0.368 e. The second kappa shape index (κ2) is 6.80. The first-order chi connectivity index (χ1) is 12.1. The van der Waals surface area contributed by atoms with Crippen LogP contribution in [0.5, 0.6) is 0 Å². The van der Waals surface area contributed by atoms with Crippen molar-refractivity contribution in [2.24, 2.45) is 0 Å². The van der Waals surface area contributed by atoms with Gasteiger partial charge in [0, 0.05) is 36.7 Å². The molecule has 3 heterocycles. The molecular weight excluding hydrogens is 343 g/mol. The molecule has 1 aromatic heterocycles. The second-order valence-corrected chi connectivity index (χ2v) is 7.30. The first-order valence-corrected chi connectivity index (χ1v) is 9.05. The van der Waals surface area contributed by atoms with Gasteiger partial charge in [0.25, 0.3) is 0 Å². The number of aromatic nitrogens is 3. The van der Waals surface area contributed by atoms with Gasteiger partial charge in [-0.1, -0.05) is 23.7 Å². The summed E-state index contributed by atoms with van der Waals surface area (Å²) in [6.45, 7) is 2.29. The topological polar surface area (TPSA) is 74.1 Å². The molecule has 0 spiro atoms. The van der Waals surface area contributed by atoms with Gasteiger partial charge in [-0.25, -0.2) is 4.39 Å². The van der Waals surface area contributed by atoms with Gasteiger partial charge in [0.05, 0.1) is 0 Å². The maximum absolute atomic E-state index is 14.2. The first-order valence-electron chi connectivity index (χ1n) is 8.67. The fourth-order valence-corrected chi connectivity index (χ4v) is 4.00. The number of nitrogens with zero attached hydrogens (tertiary/aromatic N) is 4. The van der Waals surface area contributed by atoms with E-state index in [1.54, 1.807) is 0 Å². The van der Waals surface area contributed by atoms with Crippen molar-refractivity contribution in [3.63, 3.8) is 0 Å². The highest BCUT2D eigenvalue weighted by molar-refractivity contribution is 6.30. The highest BCUT2D eigenvalue weighted by Gasteiger charge is 2.43. The zero-order chi connectivity index (χ0) is 17.4. The summed E-state index contributed by atoms with van der Waals surface area (Å²) in [4.78, 5) is 7.45. The Balaban J connectivity index is 1.35. The Morgan fingerprint density at radius 3 is 2.52 bits per heavy atom. The number of H-pyrrole nitrogens is 1. The Bertz CT molecular complexity index is 712. The third kappa shape index (κ3) is 3.43. The average molecular weight is 365 g/mol. The number of piperidine rings is 1. The van der Waals surface area contributed by atoms with Gasteiger partial charge < -0.3 is 10.6 Å². The van der Waals surface area contributed by atoms with Crippen molar-refractivity contribution in [3.05, 3.63) is 34.9 Å². The molecule has 0 saturated carbocycles.